The Bertz CT molecular complexity index is 1440. The number of ketones is 1. The van der Waals surface area contributed by atoms with Crippen LogP contribution >= 0.6 is 23.2 Å². The van der Waals surface area contributed by atoms with E-state index in [0.717, 1.165) is 5.56 Å². The molecule has 5 nitrogen and oxygen atoms in total. The van der Waals surface area contributed by atoms with E-state index >= 15 is 0 Å². The summed E-state index contributed by atoms with van der Waals surface area (Å²) in [5, 5.41) is 6.14. The van der Waals surface area contributed by atoms with Crippen LogP contribution in [0.4, 0.5) is 11.4 Å². The fraction of sp³-hybridized carbons (Fsp3) is 0.0357. The number of halogens is 2. The quantitative estimate of drug-likeness (QED) is 0.277. The molecule has 35 heavy (non-hydrogen) atoms. The zero-order valence-electron chi connectivity index (χ0n) is 18.6. The predicted molar refractivity (Wildman–Crippen MR) is 140 cm³/mol. The molecule has 0 aliphatic rings. The van der Waals surface area contributed by atoms with Crippen LogP contribution in [0.3, 0.4) is 0 Å². The first kappa shape index (κ1) is 24.2. The number of carbonyl (C=O) groups excluding carboxylic acids is 3. The molecular weight excluding hydrogens is 483 g/mol. The number of para-hydroxylation sites is 1. The highest BCUT2D eigenvalue weighted by atomic mass is 35.5. The lowest BCUT2D eigenvalue weighted by Crippen LogP contribution is -2.19. The summed E-state index contributed by atoms with van der Waals surface area (Å²) in [6.07, 6.45) is 0. The van der Waals surface area contributed by atoms with Crippen molar-refractivity contribution < 1.29 is 14.4 Å². The van der Waals surface area contributed by atoms with Crippen molar-refractivity contribution in [3.8, 4) is 0 Å². The molecule has 4 aromatic carbocycles. The van der Waals surface area contributed by atoms with Gasteiger partial charge in [0, 0.05) is 16.1 Å². The van der Waals surface area contributed by atoms with E-state index in [1.165, 1.54) is 12.1 Å². The summed E-state index contributed by atoms with van der Waals surface area (Å²) in [5.41, 5.74) is 2.83. The summed E-state index contributed by atoms with van der Waals surface area (Å²) in [7, 11) is 0. The minimum atomic E-state index is -0.506. The zero-order valence-corrected chi connectivity index (χ0v) is 20.2. The number of rotatable bonds is 6. The summed E-state index contributed by atoms with van der Waals surface area (Å²) >= 11 is 12.1. The molecule has 4 rings (SSSR count). The van der Waals surface area contributed by atoms with Gasteiger partial charge in [-0.15, -0.1) is 0 Å². The van der Waals surface area contributed by atoms with Gasteiger partial charge in [-0.25, -0.2) is 0 Å². The van der Waals surface area contributed by atoms with Gasteiger partial charge >= 0.3 is 0 Å². The maximum absolute atomic E-state index is 13.2. The van der Waals surface area contributed by atoms with E-state index in [1.807, 2.05) is 19.1 Å². The first-order valence-corrected chi connectivity index (χ1v) is 11.5. The molecule has 0 aliphatic heterocycles. The summed E-state index contributed by atoms with van der Waals surface area (Å²) < 4.78 is 0. The average molecular weight is 503 g/mol. The average Bonchev–Trinajstić information content (AvgIpc) is 2.86. The van der Waals surface area contributed by atoms with E-state index in [9.17, 15) is 14.4 Å². The number of nitrogens with one attached hydrogen (secondary N) is 2. The number of amides is 2. The van der Waals surface area contributed by atoms with Crippen LogP contribution in [0.1, 0.15) is 42.2 Å². The molecule has 0 saturated carbocycles. The van der Waals surface area contributed by atoms with Crippen molar-refractivity contribution in [2.45, 2.75) is 6.92 Å². The fourth-order valence-corrected chi connectivity index (χ4v) is 3.92. The van der Waals surface area contributed by atoms with Crippen LogP contribution < -0.4 is 10.6 Å². The molecule has 0 saturated heterocycles. The molecule has 2 N–H and O–H groups in total. The summed E-state index contributed by atoms with van der Waals surface area (Å²) in [6.45, 7) is 1.87. The number of carbonyl (C=O) groups is 3. The van der Waals surface area contributed by atoms with Gasteiger partial charge in [-0.05, 0) is 49.4 Å². The van der Waals surface area contributed by atoms with Crippen molar-refractivity contribution in [2.75, 3.05) is 10.6 Å². The van der Waals surface area contributed by atoms with Crippen molar-refractivity contribution >= 4 is 52.2 Å². The molecule has 2 amide bonds. The van der Waals surface area contributed by atoms with Gasteiger partial charge in [0.05, 0.1) is 27.5 Å². The first-order valence-electron chi connectivity index (χ1n) is 10.7. The zero-order chi connectivity index (χ0) is 24.9. The minimum Gasteiger partial charge on any atom is -0.321 e. The van der Waals surface area contributed by atoms with Crippen molar-refractivity contribution in [3.05, 3.63) is 129 Å². The molecule has 0 atom stereocenters. The van der Waals surface area contributed by atoms with Gasteiger partial charge in [0.15, 0.2) is 5.78 Å². The molecule has 0 spiro atoms. The Morgan fingerprint density at radius 3 is 2.00 bits per heavy atom. The lowest BCUT2D eigenvalue weighted by molar-refractivity contribution is 0.102. The Morgan fingerprint density at radius 1 is 0.629 bits per heavy atom. The lowest BCUT2D eigenvalue weighted by atomic mass is 9.99. The highest BCUT2D eigenvalue weighted by Gasteiger charge is 2.19. The molecule has 0 unspecified atom stereocenters. The molecule has 0 aliphatic carbocycles. The second kappa shape index (κ2) is 10.6. The second-order valence-corrected chi connectivity index (χ2v) is 8.67. The summed E-state index contributed by atoms with van der Waals surface area (Å²) in [4.78, 5) is 39.2. The molecule has 4 aromatic rings. The van der Waals surface area contributed by atoms with Crippen LogP contribution in [0.2, 0.25) is 10.0 Å². The number of hydrogen-bond acceptors (Lipinski definition) is 3. The topological polar surface area (TPSA) is 75.3 Å². The minimum absolute atomic E-state index is 0.184. The smallest absolute Gasteiger partial charge is 0.257 e. The van der Waals surface area contributed by atoms with E-state index in [4.69, 9.17) is 23.2 Å². The monoisotopic (exact) mass is 502 g/mol. The number of benzene rings is 4. The standard InChI is InChI=1S/C28H20Cl2N2O3/c1-17-11-14-25(22(15-17)26(33)18-7-3-2-4-8-18)32-27(34)20-9-5-6-10-24(20)31-28(35)21-16-19(29)12-13-23(21)30/h2-16H,1H3,(H,31,35)(H,32,34). The normalized spacial score (nSPS) is 10.5. The number of aryl methyl sites for hydroxylation is 1. The van der Waals surface area contributed by atoms with Gasteiger partial charge in [0.2, 0.25) is 0 Å². The van der Waals surface area contributed by atoms with Crippen LogP contribution in [0.15, 0.2) is 91.0 Å². The van der Waals surface area contributed by atoms with Crippen molar-refractivity contribution in [1.29, 1.82) is 0 Å². The van der Waals surface area contributed by atoms with Gasteiger partial charge in [-0.2, -0.15) is 0 Å². The fourth-order valence-electron chi connectivity index (χ4n) is 3.54. The highest BCUT2D eigenvalue weighted by molar-refractivity contribution is 6.36. The first-order chi connectivity index (χ1) is 16.8. The van der Waals surface area contributed by atoms with E-state index in [1.54, 1.807) is 66.7 Å². The lowest BCUT2D eigenvalue weighted by Gasteiger charge is -2.14. The SMILES string of the molecule is Cc1ccc(NC(=O)c2ccccc2NC(=O)c2cc(Cl)ccc2Cl)c(C(=O)c2ccccc2)c1. The Morgan fingerprint density at radius 2 is 1.26 bits per heavy atom. The van der Waals surface area contributed by atoms with Gasteiger partial charge < -0.3 is 10.6 Å². The predicted octanol–water partition coefficient (Wildman–Crippen LogP) is 7.04. The van der Waals surface area contributed by atoms with Crippen LogP contribution in [-0.2, 0) is 0 Å². The van der Waals surface area contributed by atoms with Crippen LogP contribution in [0.25, 0.3) is 0 Å². The largest absolute Gasteiger partial charge is 0.321 e. The third-order valence-electron chi connectivity index (χ3n) is 5.30. The molecule has 0 fully saturated rings. The molecule has 0 heterocycles. The summed E-state index contributed by atoms with van der Waals surface area (Å²) in [6, 6.07) is 25.2. The third-order valence-corrected chi connectivity index (χ3v) is 5.86. The van der Waals surface area contributed by atoms with Crippen LogP contribution in [0.5, 0.6) is 0 Å². The Labute approximate surface area is 212 Å². The molecule has 0 radical (unpaired) electrons. The van der Waals surface area contributed by atoms with Crippen molar-refractivity contribution in [2.24, 2.45) is 0 Å². The Hall–Kier alpha value is -3.93. The maximum atomic E-state index is 13.2. The number of anilines is 2. The van der Waals surface area contributed by atoms with E-state index < -0.39 is 11.8 Å². The maximum Gasteiger partial charge on any atom is 0.257 e. The van der Waals surface area contributed by atoms with Gasteiger partial charge in [-0.3, -0.25) is 14.4 Å². The van der Waals surface area contributed by atoms with Gasteiger partial charge in [-0.1, -0.05) is 77.3 Å². The third kappa shape index (κ3) is 5.60. The van der Waals surface area contributed by atoms with Crippen molar-refractivity contribution in [1.82, 2.24) is 0 Å². The molecule has 0 bridgehead atoms. The van der Waals surface area contributed by atoms with E-state index in [0.29, 0.717) is 21.8 Å². The highest BCUT2D eigenvalue weighted by Crippen LogP contribution is 2.25. The van der Waals surface area contributed by atoms with Crippen LogP contribution in [0, 0.1) is 6.92 Å². The molecule has 7 heteroatoms. The van der Waals surface area contributed by atoms with Gasteiger partial charge in [0.25, 0.3) is 11.8 Å². The van der Waals surface area contributed by atoms with E-state index in [-0.39, 0.29) is 27.6 Å². The van der Waals surface area contributed by atoms with Gasteiger partial charge in [0.1, 0.15) is 0 Å². The Kier molecular flexibility index (Phi) is 7.30. The summed E-state index contributed by atoms with van der Waals surface area (Å²) in [5.74, 6) is -1.20. The molecule has 0 aromatic heterocycles. The Balaban J connectivity index is 1.62. The van der Waals surface area contributed by atoms with Crippen LogP contribution in [-0.4, -0.2) is 17.6 Å². The second-order valence-electron chi connectivity index (χ2n) is 7.82. The molecular formula is C28H20Cl2N2O3. The van der Waals surface area contributed by atoms with Crippen molar-refractivity contribution in [3.63, 3.8) is 0 Å². The van der Waals surface area contributed by atoms with E-state index in [2.05, 4.69) is 10.6 Å². The molecule has 174 valence electrons. The number of hydrogen-bond donors (Lipinski definition) is 2.